The molecule has 2 aromatic carbocycles. The number of piperidine rings is 1. The number of rotatable bonds is 6. The standard InChI is InChI=1S/C24H25FN2O2S/c1-17-15-20(26-24(28)23-3-2-14-30-23)8-9-22(17)29-21-10-12-27(13-11-21)16-18-4-6-19(25)7-5-18/h2-9,14-15,21H,10-13,16H2,1H3,(H,26,28). The lowest BCUT2D eigenvalue weighted by Crippen LogP contribution is -2.37. The van der Waals surface area contributed by atoms with Crippen LogP contribution in [0.2, 0.25) is 0 Å². The molecule has 2 heterocycles. The fourth-order valence-electron chi connectivity index (χ4n) is 3.67. The Bertz CT molecular complexity index is 981. The van der Waals surface area contributed by atoms with E-state index >= 15 is 0 Å². The molecule has 1 aliphatic rings. The number of aryl methyl sites for hydroxylation is 1. The summed E-state index contributed by atoms with van der Waals surface area (Å²) in [6.45, 7) is 4.75. The molecule has 1 aromatic heterocycles. The van der Waals surface area contributed by atoms with Gasteiger partial charge in [0, 0.05) is 25.3 Å². The van der Waals surface area contributed by atoms with Gasteiger partial charge >= 0.3 is 0 Å². The molecule has 6 heteroatoms. The number of carbonyl (C=O) groups is 1. The molecule has 0 aliphatic carbocycles. The van der Waals surface area contributed by atoms with Crippen LogP contribution in [-0.2, 0) is 6.54 Å². The van der Waals surface area contributed by atoms with Crippen molar-refractivity contribution in [3.05, 3.63) is 81.8 Å². The van der Waals surface area contributed by atoms with Gasteiger partial charge in [0.2, 0.25) is 0 Å². The Morgan fingerprint density at radius 3 is 2.60 bits per heavy atom. The fraction of sp³-hybridized carbons (Fsp3) is 0.292. The van der Waals surface area contributed by atoms with Crippen molar-refractivity contribution in [3.63, 3.8) is 0 Å². The van der Waals surface area contributed by atoms with E-state index in [2.05, 4.69) is 10.2 Å². The maximum Gasteiger partial charge on any atom is 0.265 e. The van der Waals surface area contributed by atoms with Gasteiger partial charge in [-0.3, -0.25) is 9.69 Å². The molecular weight excluding hydrogens is 399 g/mol. The summed E-state index contributed by atoms with van der Waals surface area (Å²) in [5, 5.41) is 4.83. The van der Waals surface area contributed by atoms with Crippen molar-refractivity contribution in [2.24, 2.45) is 0 Å². The van der Waals surface area contributed by atoms with Crippen LogP contribution in [0.1, 0.15) is 33.6 Å². The summed E-state index contributed by atoms with van der Waals surface area (Å²) in [5.41, 5.74) is 2.91. The zero-order valence-electron chi connectivity index (χ0n) is 16.9. The summed E-state index contributed by atoms with van der Waals surface area (Å²) >= 11 is 1.42. The van der Waals surface area contributed by atoms with Crippen molar-refractivity contribution < 1.29 is 13.9 Å². The summed E-state index contributed by atoms with van der Waals surface area (Å²) in [6, 6.07) is 16.2. The summed E-state index contributed by atoms with van der Waals surface area (Å²) in [7, 11) is 0. The Morgan fingerprint density at radius 2 is 1.93 bits per heavy atom. The van der Waals surface area contributed by atoms with E-state index in [0.29, 0.717) is 4.88 Å². The molecule has 0 bridgehead atoms. The summed E-state index contributed by atoms with van der Waals surface area (Å²) < 4.78 is 19.3. The van der Waals surface area contributed by atoms with Gasteiger partial charge in [0.15, 0.2) is 0 Å². The SMILES string of the molecule is Cc1cc(NC(=O)c2cccs2)ccc1OC1CCN(Cc2ccc(F)cc2)CC1. The van der Waals surface area contributed by atoms with Gasteiger partial charge in [-0.05, 0) is 72.7 Å². The first-order valence-electron chi connectivity index (χ1n) is 10.2. The Hall–Kier alpha value is -2.70. The van der Waals surface area contributed by atoms with Crippen LogP contribution >= 0.6 is 11.3 Å². The molecule has 1 N–H and O–H groups in total. The minimum Gasteiger partial charge on any atom is -0.490 e. The van der Waals surface area contributed by atoms with E-state index in [-0.39, 0.29) is 17.8 Å². The van der Waals surface area contributed by atoms with Crippen molar-refractivity contribution in [1.82, 2.24) is 4.90 Å². The molecule has 1 fully saturated rings. The second kappa shape index (κ2) is 9.41. The van der Waals surface area contributed by atoms with Crippen molar-refractivity contribution in [3.8, 4) is 5.75 Å². The van der Waals surface area contributed by atoms with Crippen molar-refractivity contribution in [2.75, 3.05) is 18.4 Å². The molecule has 1 aliphatic heterocycles. The van der Waals surface area contributed by atoms with Crippen molar-refractivity contribution >= 4 is 22.9 Å². The summed E-state index contributed by atoms with van der Waals surface area (Å²) in [4.78, 5) is 15.3. The number of hydrogen-bond acceptors (Lipinski definition) is 4. The van der Waals surface area contributed by atoms with Gasteiger partial charge in [-0.25, -0.2) is 4.39 Å². The number of nitrogens with zero attached hydrogens (tertiary/aromatic N) is 1. The molecule has 0 spiro atoms. The average Bonchev–Trinajstić information content (AvgIpc) is 3.28. The van der Waals surface area contributed by atoms with Crippen LogP contribution in [0.4, 0.5) is 10.1 Å². The van der Waals surface area contributed by atoms with Crippen LogP contribution in [-0.4, -0.2) is 30.0 Å². The molecule has 0 unspecified atom stereocenters. The molecule has 0 radical (unpaired) electrons. The van der Waals surface area contributed by atoms with E-state index in [4.69, 9.17) is 4.74 Å². The highest BCUT2D eigenvalue weighted by atomic mass is 32.1. The smallest absolute Gasteiger partial charge is 0.265 e. The van der Waals surface area contributed by atoms with E-state index in [1.807, 2.05) is 54.8 Å². The number of benzene rings is 2. The van der Waals surface area contributed by atoms with E-state index in [1.165, 1.54) is 23.5 Å². The number of hydrogen-bond donors (Lipinski definition) is 1. The first-order valence-corrected chi connectivity index (χ1v) is 11.0. The molecule has 30 heavy (non-hydrogen) atoms. The van der Waals surface area contributed by atoms with E-state index in [9.17, 15) is 9.18 Å². The van der Waals surface area contributed by atoms with Crippen LogP contribution in [0.3, 0.4) is 0 Å². The zero-order chi connectivity index (χ0) is 20.9. The van der Waals surface area contributed by atoms with Crippen LogP contribution in [0.5, 0.6) is 5.75 Å². The van der Waals surface area contributed by atoms with Gasteiger partial charge in [0.1, 0.15) is 17.7 Å². The maximum absolute atomic E-state index is 13.1. The van der Waals surface area contributed by atoms with Crippen molar-refractivity contribution in [2.45, 2.75) is 32.4 Å². The van der Waals surface area contributed by atoms with Crippen LogP contribution in [0.15, 0.2) is 60.0 Å². The number of carbonyl (C=O) groups excluding carboxylic acids is 1. The van der Waals surface area contributed by atoms with Crippen LogP contribution < -0.4 is 10.1 Å². The molecular formula is C24H25FN2O2S. The fourth-order valence-corrected chi connectivity index (χ4v) is 4.29. The second-order valence-corrected chi connectivity index (χ2v) is 8.58. The predicted molar refractivity (Wildman–Crippen MR) is 119 cm³/mol. The summed E-state index contributed by atoms with van der Waals surface area (Å²) in [5.74, 6) is 0.575. The zero-order valence-corrected chi connectivity index (χ0v) is 17.8. The van der Waals surface area contributed by atoms with Gasteiger partial charge in [0.05, 0.1) is 4.88 Å². The third-order valence-corrected chi connectivity index (χ3v) is 6.19. The Balaban J connectivity index is 1.28. The number of thiophene rings is 1. The molecule has 4 rings (SSSR count). The highest BCUT2D eigenvalue weighted by Gasteiger charge is 2.21. The molecule has 1 amide bonds. The monoisotopic (exact) mass is 424 g/mol. The lowest BCUT2D eigenvalue weighted by molar-refractivity contribution is 0.0962. The normalized spacial score (nSPS) is 15.1. The highest BCUT2D eigenvalue weighted by Crippen LogP contribution is 2.26. The number of anilines is 1. The minimum absolute atomic E-state index is 0.0911. The number of amides is 1. The Morgan fingerprint density at radius 1 is 1.17 bits per heavy atom. The van der Waals surface area contributed by atoms with E-state index in [1.54, 1.807) is 0 Å². The van der Waals surface area contributed by atoms with Crippen LogP contribution in [0.25, 0.3) is 0 Å². The number of nitrogens with one attached hydrogen (secondary N) is 1. The largest absolute Gasteiger partial charge is 0.490 e. The summed E-state index contributed by atoms with van der Waals surface area (Å²) in [6.07, 6.45) is 2.09. The van der Waals surface area contributed by atoms with Gasteiger partial charge in [-0.15, -0.1) is 11.3 Å². The lowest BCUT2D eigenvalue weighted by Gasteiger charge is -2.32. The second-order valence-electron chi connectivity index (χ2n) is 7.63. The first kappa shape index (κ1) is 20.6. The quantitative estimate of drug-likeness (QED) is 0.569. The first-order chi connectivity index (χ1) is 14.6. The molecule has 1 saturated heterocycles. The third-order valence-electron chi connectivity index (χ3n) is 5.33. The third kappa shape index (κ3) is 5.26. The number of halogens is 1. The average molecular weight is 425 g/mol. The topological polar surface area (TPSA) is 41.6 Å². The van der Waals surface area contributed by atoms with Gasteiger partial charge in [-0.2, -0.15) is 0 Å². The highest BCUT2D eigenvalue weighted by molar-refractivity contribution is 7.12. The lowest BCUT2D eigenvalue weighted by atomic mass is 10.1. The minimum atomic E-state index is -0.196. The van der Waals surface area contributed by atoms with Gasteiger partial charge < -0.3 is 10.1 Å². The van der Waals surface area contributed by atoms with Crippen LogP contribution in [0, 0.1) is 12.7 Å². The van der Waals surface area contributed by atoms with E-state index in [0.717, 1.165) is 55.0 Å². The Labute approximate surface area is 180 Å². The van der Waals surface area contributed by atoms with Crippen molar-refractivity contribution in [1.29, 1.82) is 0 Å². The molecule has 0 atom stereocenters. The molecule has 4 nitrogen and oxygen atoms in total. The Kier molecular flexibility index (Phi) is 6.45. The van der Waals surface area contributed by atoms with Gasteiger partial charge in [0.25, 0.3) is 5.91 Å². The molecule has 3 aromatic rings. The molecule has 0 saturated carbocycles. The maximum atomic E-state index is 13.1. The predicted octanol–water partition coefficient (Wildman–Crippen LogP) is 5.49. The molecule has 156 valence electrons. The number of likely N-dealkylation sites (tertiary alicyclic amines) is 1. The van der Waals surface area contributed by atoms with Gasteiger partial charge in [-0.1, -0.05) is 18.2 Å². The number of ether oxygens (including phenoxy) is 1. The van der Waals surface area contributed by atoms with E-state index < -0.39 is 0 Å².